The molecule has 0 bridgehead atoms. The quantitative estimate of drug-likeness (QED) is 0.767. The second-order valence-corrected chi connectivity index (χ2v) is 3.96. The third kappa shape index (κ3) is 2.13. The standard InChI is InChI=1S/C13H11ClO/c1-9-2-7-13(15)12(8-9)10-3-5-11(14)6-4-10/h2-8,15H,1H3. The van der Waals surface area contributed by atoms with Crippen molar-refractivity contribution in [3.05, 3.63) is 53.1 Å². The van der Waals surface area contributed by atoms with Crippen molar-refractivity contribution in [2.45, 2.75) is 6.92 Å². The van der Waals surface area contributed by atoms with Crippen molar-refractivity contribution in [2.75, 3.05) is 0 Å². The van der Waals surface area contributed by atoms with Gasteiger partial charge < -0.3 is 5.11 Å². The molecule has 0 aromatic heterocycles. The molecule has 1 nitrogen and oxygen atoms in total. The van der Waals surface area contributed by atoms with Crippen LogP contribution in [-0.4, -0.2) is 5.11 Å². The number of rotatable bonds is 1. The molecule has 0 heterocycles. The van der Waals surface area contributed by atoms with Crippen molar-refractivity contribution in [3.63, 3.8) is 0 Å². The van der Waals surface area contributed by atoms with Crippen LogP contribution in [0, 0.1) is 6.92 Å². The van der Waals surface area contributed by atoms with Crippen molar-refractivity contribution in [1.29, 1.82) is 0 Å². The second-order valence-electron chi connectivity index (χ2n) is 3.53. The summed E-state index contributed by atoms with van der Waals surface area (Å²) in [5.74, 6) is 0.294. The molecule has 0 aliphatic rings. The molecule has 2 aromatic rings. The number of phenolic OH excluding ortho intramolecular Hbond substituents is 1. The number of aromatic hydroxyl groups is 1. The molecule has 0 amide bonds. The van der Waals surface area contributed by atoms with Crippen molar-refractivity contribution >= 4 is 11.6 Å². The summed E-state index contributed by atoms with van der Waals surface area (Å²) in [6, 6.07) is 13.0. The zero-order valence-electron chi connectivity index (χ0n) is 8.37. The molecule has 1 N–H and O–H groups in total. The number of halogens is 1. The van der Waals surface area contributed by atoms with Crippen LogP contribution in [0.5, 0.6) is 5.75 Å². The van der Waals surface area contributed by atoms with Crippen LogP contribution in [0.25, 0.3) is 11.1 Å². The van der Waals surface area contributed by atoms with Crippen LogP contribution >= 0.6 is 11.6 Å². The van der Waals surface area contributed by atoms with Gasteiger partial charge in [-0.1, -0.05) is 35.4 Å². The second kappa shape index (κ2) is 3.95. The summed E-state index contributed by atoms with van der Waals surface area (Å²) in [5, 5.41) is 10.4. The largest absolute Gasteiger partial charge is 0.507 e. The van der Waals surface area contributed by atoms with E-state index in [9.17, 15) is 5.11 Å². The Bertz CT molecular complexity index is 474. The first-order valence-corrected chi connectivity index (χ1v) is 5.10. The molecule has 0 aliphatic carbocycles. The molecule has 0 unspecified atom stereocenters. The summed E-state index contributed by atoms with van der Waals surface area (Å²) < 4.78 is 0. The lowest BCUT2D eigenvalue weighted by Crippen LogP contribution is -1.80. The Morgan fingerprint density at radius 1 is 1.00 bits per heavy atom. The third-order valence-corrected chi connectivity index (χ3v) is 2.56. The fourth-order valence-electron chi connectivity index (χ4n) is 1.51. The Morgan fingerprint density at radius 2 is 1.67 bits per heavy atom. The maximum atomic E-state index is 9.72. The van der Waals surface area contributed by atoms with Crippen LogP contribution in [-0.2, 0) is 0 Å². The first-order chi connectivity index (χ1) is 7.16. The van der Waals surface area contributed by atoms with E-state index in [1.807, 2.05) is 43.3 Å². The lowest BCUT2D eigenvalue weighted by molar-refractivity contribution is 0.477. The van der Waals surface area contributed by atoms with Crippen LogP contribution < -0.4 is 0 Å². The zero-order chi connectivity index (χ0) is 10.8. The third-order valence-electron chi connectivity index (χ3n) is 2.31. The number of hydrogen-bond acceptors (Lipinski definition) is 1. The monoisotopic (exact) mass is 218 g/mol. The number of hydrogen-bond donors (Lipinski definition) is 1. The Morgan fingerprint density at radius 3 is 2.33 bits per heavy atom. The minimum Gasteiger partial charge on any atom is -0.507 e. The van der Waals surface area contributed by atoms with Gasteiger partial charge in [0.15, 0.2) is 0 Å². The molecule has 2 heteroatoms. The maximum absolute atomic E-state index is 9.72. The van der Waals surface area contributed by atoms with E-state index < -0.39 is 0 Å². The average molecular weight is 219 g/mol. The van der Waals surface area contributed by atoms with Gasteiger partial charge in [0.2, 0.25) is 0 Å². The first-order valence-electron chi connectivity index (χ1n) is 4.72. The zero-order valence-corrected chi connectivity index (χ0v) is 9.12. The highest BCUT2D eigenvalue weighted by molar-refractivity contribution is 6.30. The van der Waals surface area contributed by atoms with E-state index in [0.29, 0.717) is 10.8 Å². The van der Waals surface area contributed by atoms with Crippen molar-refractivity contribution in [3.8, 4) is 16.9 Å². The molecule has 15 heavy (non-hydrogen) atoms. The van der Waals surface area contributed by atoms with E-state index in [0.717, 1.165) is 16.7 Å². The lowest BCUT2D eigenvalue weighted by atomic mass is 10.0. The predicted molar refractivity (Wildman–Crippen MR) is 63.3 cm³/mol. The fourth-order valence-corrected chi connectivity index (χ4v) is 1.64. The summed E-state index contributed by atoms with van der Waals surface area (Å²) in [6.07, 6.45) is 0. The van der Waals surface area contributed by atoms with Gasteiger partial charge in [0.05, 0.1) is 0 Å². The van der Waals surface area contributed by atoms with Gasteiger partial charge in [-0.15, -0.1) is 0 Å². The Hall–Kier alpha value is -1.47. The van der Waals surface area contributed by atoms with Crippen molar-refractivity contribution in [1.82, 2.24) is 0 Å². The van der Waals surface area contributed by atoms with Gasteiger partial charge in [0, 0.05) is 10.6 Å². The summed E-state index contributed by atoms with van der Waals surface area (Å²) >= 11 is 5.81. The van der Waals surface area contributed by atoms with Crippen LogP contribution in [0.4, 0.5) is 0 Å². The summed E-state index contributed by atoms with van der Waals surface area (Å²) in [6.45, 7) is 2.00. The van der Waals surface area contributed by atoms with E-state index in [4.69, 9.17) is 11.6 Å². The molecule has 0 aliphatic heterocycles. The van der Waals surface area contributed by atoms with Gasteiger partial charge in [0.1, 0.15) is 5.75 Å². The molecule has 0 atom stereocenters. The minimum atomic E-state index is 0.294. The molecular weight excluding hydrogens is 208 g/mol. The molecule has 76 valence electrons. The SMILES string of the molecule is Cc1ccc(O)c(-c2ccc(Cl)cc2)c1. The van der Waals surface area contributed by atoms with E-state index in [2.05, 4.69) is 0 Å². The van der Waals surface area contributed by atoms with Gasteiger partial charge in [-0.25, -0.2) is 0 Å². The first kappa shape index (κ1) is 10.1. The normalized spacial score (nSPS) is 10.3. The molecule has 0 fully saturated rings. The van der Waals surface area contributed by atoms with Gasteiger partial charge in [-0.2, -0.15) is 0 Å². The van der Waals surface area contributed by atoms with Gasteiger partial charge >= 0.3 is 0 Å². The molecule has 2 rings (SSSR count). The van der Waals surface area contributed by atoms with Crippen molar-refractivity contribution < 1.29 is 5.11 Å². The fraction of sp³-hybridized carbons (Fsp3) is 0.0769. The van der Waals surface area contributed by atoms with Crippen LogP contribution in [0.2, 0.25) is 5.02 Å². The molecule has 0 saturated carbocycles. The Kier molecular flexibility index (Phi) is 2.65. The lowest BCUT2D eigenvalue weighted by Gasteiger charge is -2.05. The highest BCUT2D eigenvalue weighted by Gasteiger charge is 2.03. The molecule has 0 radical (unpaired) electrons. The maximum Gasteiger partial charge on any atom is 0.123 e. The topological polar surface area (TPSA) is 20.2 Å². The summed E-state index contributed by atoms with van der Waals surface area (Å²) in [5.41, 5.74) is 2.94. The highest BCUT2D eigenvalue weighted by atomic mass is 35.5. The molecular formula is C13H11ClO. The number of benzene rings is 2. The van der Waals surface area contributed by atoms with Gasteiger partial charge in [-0.3, -0.25) is 0 Å². The number of aryl methyl sites for hydroxylation is 1. The Labute approximate surface area is 94.0 Å². The van der Waals surface area contributed by atoms with Crippen LogP contribution in [0.3, 0.4) is 0 Å². The van der Waals surface area contributed by atoms with E-state index in [1.54, 1.807) is 6.07 Å². The molecule has 0 spiro atoms. The minimum absolute atomic E-state index is 0.294. The predicted octanol–water partition coefficient (Wildman–Crippen LogP) is 4.02. The van der Waals surface area contributed by atoms with Gasteiger partial charge in [0.25, 0.3) is 0 Å². The van der Waals surface area contributed by atoms with E-state index in [-0.39, 0.29) is 0 Å². The molecule has 2 aromatic carbocycles. The van der Waals surface area contributed by atoms with E-state index in [1.165, 1.54) is 0 Å². The summed E-state index contributed by atoms with van der Waals surface area (Å²) in [4.78, 5) is 0. The van der Waals surface area contributed by atoms with Crippen molar-refractivity contribution in [2.24, 2.45) is 0 Å². The number of phenols is 1. The highest BCUT2D eigenvalue weighted by Crippen LogP contribution is 2.30. The van der Waals surface area contributed by atoms with Gasteiger partial charge in [-0.05, 0) is 36.8 Å². The summed E-state index contributed by atoms with van der Waals surface area (Å²) in [7, 11) is 0. The molecule has 0 saturated heterocycles. The smallest absolute Gasteiger partial charge is 0.123 e. The Balaban J connectivity index is 2.53. The van der Waals surface area contributed by atoms with E-state index >= 15 is 0 Å². The van der Waals surface area contributed by atoms with Crippen LogP contribution in [0.15, 0.2) is 42.5 Å². The average Bonchev–Trinajstić information content (AvgIpc) is 2.23. The van der Waals surface area contributed by atoms with Crippen LogP contribution in [0.1, 0.15) is 5.56 Å².